The smallest absolute Gasteiger partial charge is 0.322 e. The van der Waals surface area contributed by atoms with Crippen LogP contribution in [-0.2, 0) is 13.0 Å². The molecule has 2 aromatic heterocycles. The Morgan fingerprint density at radius 2 is 2.19 bits per heavy atom. The molecule has 142 valence electrons. The minimum absolute atomic E-state index is 0.217. The van der Waals surface area contributed by atoms with Gasteiger partial charge in [0, 0.05) is 31.0 Å². The minimum atomic E-state index is -0.217. The summed E-state index contributed by atoms with van der Waals surface area (Å²) < 4.78 is 6.99. The lowest BCUT2D eigenvalue weighted by molar-refractivity contribution is 0.210. The molecule has 3 rings (SSSR count). The van der Waals surface area contributed by atoms with E-state index in [-0.39, 0.29) is 6.03 Å². The van der Waals surface area contributed by atoms with Crippen LogP contribution in [0.15, 0.2) is 47.2 Å². The molecule has 0 bridgehead atoms. The van der Waals surface area contributed by atoms with E-state index in [0.717, 1.165) is 12.1 Å². The van der Waals surface area contributed by atoms with E-state index >= 15 is 0 Å². The van der Waals surface area contributed by atoms with Crippen molar-refractivity contribution < 1.29 is 9.32 Å². The van der Waals surface area contributed by atoms with Gasteiger partial charge in [0.05, 0.1) is 12.2 Å². The number of aromatic nitrogens is 4. The lowest BCUT2D eigenvalue weighted by Gasteiger charge is -2.19. The molecule has 0 saturated heterocycles. The summed E-state index contributed by atoms with van der Waals surface area (Å²) in [5.41, 5.74) is 1.57. The standard InChI is InChI=1S/C19H24N6O2/c1-4-24(13-17-22-18(27-23-17)11-14(2)3)19(26)21-15-7-5-8-16(12-15)25-10-6-9-20-25/h5-10,12,14H,4,11,13H2,1-3H3,(H,21,26). The number of amides is 2. The molecule has 3 aromatic rings. The Hall–Kier alpha value is -3.16. The second-order valence-corrected chi connectivity index (χ2v) is 6.65. The fourth-order valence-electron chi connectivity index (χ4n) is 2.63. The number of carbonyl (C=O) groups excluding carboxylic acids is 1. The number of hydrogen-bond acceptors (Lipinski definition) is 5. The van der Waals surface area contributed by atoms with Crippen LogP contribution in [-0.4, -0.2) is 37.4 Å². The molecule has 1 aromatic carbocycles. The van der Waals surface area contributed by atoms with E-state index < -0.39 is 0 Å². The summed E-state index contributed by atoms with van der Waals surface area (Å²) in [4.78, 5) is 18.6. The minimum Gasteiger partial charge on any atom is -0.339 e. The molecular weight excluding hydrogens is 344 g/mol. The normalized spacial score (nSPS) is 11.0. The van der Waals surface area contributed by atoms with E-state index in [1.807, 2.05) is 43.5 Å². The highest BCUT2D eigenvalue weighted by Gasteiger charge is 2.16. The van der Waals surface area contributed by atoms with Gasteiger partial charge in [0.1, 0.15) is 0 Å². The van der Waals surface area contributed by atoms with Gasteiger partial charge in [-0.05, 0) is 37.1 Å². The van der Waals surface area contributed by atoms with Crippen molar-refractivity contribution in [2.45, 2.75) is 33.7 Å². The molecule has 0 aliphatic carbocycles. The highest BCUT2D eigenvalue weighted by Crippen LogP contribution is 2.15. The van der Waals surface area contributed by atoms with Crippen LogP contribution in [0.3, 0.4) is 0 Å². The molecule has 2 heterocycles. The van der Waals surface area contributed by atoms with Crippen molar-refractivity contribution >= 4 is 11.7 Å². The number of nitrogens with one attached hydrogen (secondary N) is 1. The summed E-state index contributed by atoms with van der Waals surface area (Å²) in [6.07, 6.45) is 4.29. The first-order chi connectivity index (χ1) is 13.0. The van der Waals surface area contributed by atoms with Gasteiger partial charge in [0.2, 0.25) is 5.89 Å². The van der Waals surface area contributed by atoms with Crippen LogP contribution in [0.25, 0.3) is 5.69 Å². The average molecular weight is 368 g/mol. The number of hydrogen-bond donors (Lipinski definition) is 1. The number of urea groups is 1. The van der Waals surface area contributed by atoms with Crippen molar-refractivity contribution in [3.05, 3.63) is 54.4 Å². The van der Waals surface area contributed by atoms with E-state index in [9.17, 15) is 4.79 Å². The largest absolute Gasteiger partial charge is 0.339 e. The molecule has 0 unspecified atom stereocenters. The Morgan fingerprint density at radius 3 is 2.89 bits per heavy atom. The third kappa shape index (κ3) is 4.93. The van der Waals surface area contributed by atoms with Crippen molar-refractivity contribution in [3.8, 4) is 5.69 Å². The molecular formula is C19H24N6O2. The molecule has 0 aliphatic heterocycles. The van der Waals surface area contributed by atoms with Crippen LogP contribution in [0.1, 0.15) is 32.5 Å². The van der Waals surface area contributed by atoms with E-state index in [4.69, 9.17) is 4.52 Å². The molecule has 1 N–H and O–H groups in total. The molecule has 2 amide bonds. The summed E-state index contributed by atoms with van der Waals surface area (Å²) >= 11 is 0. The van der Waals surface area contributed by atoms with Gasteiger partial charge >= 0.3 is 6.03 Å². The van der Waals surface area contributed by atoms with Gasteiger partial charge in [-0.2, -0.15) is 10.1 Å². The van der Waals surface area contributed by atoms with Gasteiger partial charge in [0.25, 0.3) is 0 Å². The molecule has 27 heavy (non-hydrogen) atoms. The van der Waals surface area contributed by atoms with Crippen LogP contribution in [0.4, 0.5) is 10.5 Å². The van der Waals surface area contributed by atoms with E-state index in [1.165, 1.54) is 0 Å². The molecule has 8 nitrogen and oxygen atoms in total. The first-order valence-electron chi connectivity index (χ1n) is 9.02. The summed E-state index contributed by atoms with van der Waals surface area (Å²) in [5.74, 6) is 1.54. The van der Waals surface area contributed by atoms with Gasteiger partial charge in [-0.15, -0.1) is 0 Å². The Labute approximate surface area is 158 Å². The molecule has 0 fully saturated rings. The fourth-order valence-corrected chi connectivity index (χ4v) is 2.63. The maximum atomic E-state index is 12.6. The van der Waals surface area contributed by atoms with Crippen LogP contribution in [0, 0.1) is 5.92 Å². The Balaban J connectivity index is 1.65. The second kappa shape index (κ2) is 8.48. The van der Waals surface area contributed by atoms with Gasteiger partial charge in [0.15, 0.2) is 5.82 Å². The Kier molecular flexibility index (Phi) is 5.85. The predicted molar refractivity (Wildman–Crippen MR) is 102 cm³/mol. The molecule has 0 spiro atoms. The van der Waals surface area contributed by atoms with Crippen molar-refractivity contribution in [2.24, 2.45) is 5.92 Å². The van der Waals surface area contributed by atoms with Gasteiger partial charge in [-0.3, -0.25) is 0 Å². The van der Waals surface area contributed by atoms with E-state index in [1.54, 1.807) is 15.8 Å². The van der Waals surface area contributed by atoms with Gasteiger partial charge in [-0.1, -0.05) is 25.1 Å². The first kappa shape index (κ1) is 18.6. The first-order valence-corrected chi connectivity index (χ1v) is 9.02. The second-order valence-electron chi connectivity index (χ2n) is 6.65. The fraction of sp³-hybridized carbons (Fsp3) is 0.368. The van der Waals surface area contributed by atoms with Crippen molar-refractivity contribution in [2.75, 3.05) is 11.9 Å². The van der Waals surface area contributed by atoms with Gasteiger partial charge < -0.3 is 14.7 Å². The quantitative estimate of drug-likeness (QED) is 0.689. The van der Waals surface area contributed by atoms with Gasteiger partial charge in [-0.25, -0.2) is 9.48 Å². The molecule has 0 radical (unpaired) electrons. The van der Waals surface area contributed by atoms with Crippen LogP contribution in [0.2, 0.25) is 0 Å². The van der Waals surface area contributed by atoms with E-state index in [2.05, 4.69) is 34.4 Å². The highest BCUT2D eigenvalue weighted by atomic mass is 16.5. The zero-order valence-electron chi connectivity index (χ0n) is 15.8. The predicted octanol–water partition coefficient (Wildman–Crippen LogP) is 3.51. The number of nitrogens with zero attached hydrogens (tertiary/aromatic N) is 5. The topological polar surface area (TPSA) is 89.1 Å². The number of anilines is 1. The summed E-state index contributed by atoms with van der Waals surface area (Å²) in [6, 6.07) is 9.14. The number of benzene rings is 1. The summed E-state index contributed by atoms with van der Waals surface area (Å²) in [6.45, 7) is 6.91. The third-order valence-corrected chi connectivity index (χ3v) is 3.96. The monoisotopic (exact) mass is 368 g/mol. The summed E-state index contributed by atoms with van der Waals surface area (Å²) in [7, 11) is 0. The van der Waals surface area contributed by atoms with Crippen molar-refractivity contribution in [1.82, 2.24) is 24.8 Å². The molecule has 0 aliphatic rings. The highest BCUT2D eigenvalue weighted by molar-refractivity contribution is 5.89. The van der Waals surface area contributed by atoms with Crippen molar-refractivity contribution in [3.63, 3.8) is 0 Å². The molecule has 8 heteroatoms. The lowest BCUT2D eigenvalue weighted by atomic mass is 10.1. The average Bonchev–Trinajstić information content (AvgIpc) is 3.31. The number of rotatable bonds is 7. The molecule has 0 atom stereocenters. The van der Waals surface area contributed by atoms with Crippen LogP contribution < -0.4 is 5.32 Å². The Bertz CT molecular complexity index is 872. The lowest BCUT2D eigenvalue weighted by Crippen LogP contribution is -2.34. The SMILES string of the molecule is CCN(Cc1noc(CC(C)C)n1)C(=O)Nc1cccc(-n2cccn2)c1. The number of carbonyl (C=O) groups is 1. The van der Waals surface area contributed by atoms with Crippen LogP contribution >= 0.6 is 0 Å². The zero-order valence-corrected chi connectivity index (χ0v) is 15.8. The Morgan fingerprint density at radius 1 is 1.33 bits per heavy atom. The summed E-state index contributed by atoms with van der Waals surface area (Å²) in [5, 5.41) is 11.1. The maximum absolute atomic E-state index is 12.6. The zero-order chi connectivity index (χ0) is 19.2. The van der Waals surface area contributed by atoms with E-state index in [0.29, 0.717) is 36.4 Å². The third-order valence-electron chi connectivity index (χ3n) is 3.96. The van der Waals surface area contributed by atoms with Crippen LogP contribution in [0.5, 0.6) is 0 Å². The maximum Gasteiger partial charge on any atom is 0.322 e. The van der Waals surface area contributed by atoms with Crippen molar-refractivity contribution in [1.29, 1.82) is 0 Å². The molecule has 0 saturated carbocycles.